The van der Waals surface area contributed by atoms with Crippen molar-refractivity contribution in [1.29, 1.82) is 0 Å². The van der Waals surface area contributed by atoms with Crippen molar-refractivity contribution in [2.45, 2.75) is 13.0 Å². The van der Waals surface area contributed by atoms with E-state index in [0.717, 1.165) is 12.1 Å². The van der Waals surface area contributed by atoms with Crippen molar-refractivity contribution >= 4 is 0 Å². The van der Waals surface area contributed by atoms with Crippen molar-refractivity contribution in [2.75, 3.05) is 0 Å². The van der Waals surface area contributed by atoms with Crippen molar-refractivity contribution in [3.8, 4) is 5.75 Å². The molecule has 1 unspecified atom stereocenters. The van der Waals surface area contributed by atoms with Crippen LogP contribution in [0.15, 0.2) is 12.1 Å². The van der Waals surface area contributed by atoms with Crippen molar-refractivity contribution in [1.82, 2.24) is 0 Å². The van der Waals surface area contributed by atoms with Gasteiger partial charge in [-0.25, -0.2) is 8.78 Å². The molecule has 0 spiro atoms. The zero-order chi connectivity index (χ0) is 9.30. The summed E-state index contributed by atoms with van der Waals surface area (Å²) in [6.45, 7) is 1.33. The minimum atomic E-state index is -1.11. The monoisotopic (exact) mass is 174 g/mol. The van der Waals surface area contributed by atoms with Crippen LogP contribution in [0.4, 0.5) is 8.78 Å². The fourth-order valence-electron chi connectivity index (χ4n) is 0.879. The highest BCUT2D eigenvalue weighted by atomic mass is 19.1. The maximum atomic E-state index is 12.9. The molecule has 0 fully saturated rings. The summed E-state index contributed by atoms with van der Waals surface area (Å²) >= 11 is 0. The highest BCUT2D eigenvalue weighted by Gasteiger charge is 2.14. The third-order valence-electron chi connectivity index (χ3n) is 1.55. The van der Waals surface area contributed by atoms with Crippen LogP contribution in [0.25, 0.3) is 0 Å². The van der Waals surface area contributed by atoms with Gasteiger partial charge in [0.1, 0.15) is 0 Å². The number of rotatable bonds is 1. The molecule has 2 nitrogen and oxygen atoms in total. The van der Waals surface area contributed by atoms with E-state index in [1.54, 1.807) is 0 Å². The summed E-state index contributed by atoms with van der Waals surface area (Å²) in [4.78, 5) is 0. The van der Waals surface area contributed by atoms with Gasteiger partial charge in [-0.05, 0) is 13.0 Å². The first kappa shape index (κ1) is 8.93. The van der Waals surface area contributed by atoms with Crippen LogP contribution >= 0.6 is 0 Å². The number of phenolic OH excluding ortho intramolecular Hbond substituents is 1. The highest BCUT2D eigenvalue weighted by Crippen LogP contribution is 2.26. The first-order chi connectivity index (χ1) is 5.54. The van der Waals surface area contributed by atoms with Crippen LogP contribution in [0.1, 0.15) is 18.6 Å². The van der Waals surface area contributed by atoms with Crippen LogP contribution in [-0.4, -0.2) is 10.2 Å². The molecule has 12 heavy (non-hydrogen) atoms. The lowest BCUT2D eigenvalue weighted by atomic mass is 10.1. The molecule has 0 aliphatic carbocycles. The smallest absolute Gasteiger partial charge is 0.188 e. The van der Waals surface area contributed by atoms with E-state index in [2.05, 4.69) is 0 Å². The number of hydrogen-bond acceptors (Lipinski definition) is 2. The molecule has 0 amide bonds. The number of phenols is 1. The van der Waals surface area contributed by atoms with Crippen LogP contribution in [0.3, 0.4) is 0 Å². The lowest BCUT2D eigenvalue weighted by Gasteiger charge is -2.07. The maximum absolute atomic E-state index is 12.9. The molecule has 0 radical (unpaired) electrons. The van der Waals surface area contributed by atoms with Gasteiger partial charge in [0.2, 0.25) is 0 Å². The number of benzene rings is 1. The van der Waals surface area contributed by atoms with E-state index >= 15 is 0 Å². The number of hydrogen-bond donors (Lipinski definition) is 2. The van der Waals surface area contributed by atoms with Crippen LogP contribution < -0.4 is 0 Å². The molecule has 2 N–H and O–H groups in total. The molecule has 1 aromatic rings. The zero-order valence-corrected chi connectivity index (χ0v) is 6.38. The summed E-state index contributed by atoms with van der Waals surface area (Å²) in [5, 5.41) is 17.7. The normalized spacial score (nSPS) is 13.0. The Morgan fingerprint density at radius 3 is 2.42 bits per heavy atom. The Kier molecular flexibility index (Phi) is 2.28. The lowest BCUT2D eigenvalue weighted by Crippen LogP contribution is -1.97. The predicted octanol–water partition coefficient (Wildman–Crippen LogP) is 1.72. The van der Waals surface area contributed by atoms with Gasteiger partial charge in [0.05, 0.1) is 6.10 Å². The van der Waals surface area contributed by atoms with Gasteiger partial charge in [-0.1, -0.05) is 6.07 Å². The van der Waals surface area contributed by atoms with Crippen LogP contribution in [0, 0.1) is 11.6 Å². The zero-order valence-electron chi connectivity index (χ0n) is 6.38. The average Bonchev–Trinajstić information content (AvgIpc) is 2.00. The second-order valence-corrected chi connectivity index (χ2v) is 2.48. The molecule has 0 bridgehead atoms. The molecule has 0 aromatic heterocycles. The van der Waals surface area contributed by atoms with Crippen LogP contribution in [-0.2, 0) is 0 Å². The number of aliphatic hydroxyl groups excluding tert-OH is 1. The highest BCUT2D eigenvalue weighted by molar-refractivity contribution is 5.32. The standard InChI is InChI=1S/C8H8F2O2/c1-4(11)5-2-3-6(9)8(12)7(5)10/h2-4,11-12H,1H3. The fourth-order valence-corrected chi connectivity index (χ4v) is 0.879. The fraction of sp³-hybridized carbons (Fsp3) is 0.250. The topological polar surface area (TPSA) is 40.5 Å². The maximum Gasteiger partial charge on any atom is 0.188 e. The molecule has 66 valence electrons. The predicted molar refractivity (Wildman–Crippen MR) is 38.7 cm³/mol. The van der Waals surface area contributed by atoms with Crippen molar-refractivity contribution in [3.63, 3.8) is 0 Å². The second kappa shape index (κ2) is 3.06. The van der Waals surface area contributed by atoms with Gasteiger partial charge in [-0.15, -0.1) is 0 Å². The first-order valence-electron chi connectivity index (χ1n) is 3.39. The Balaban J connectivity index is 3.27. The van der Waals surface area contributed by atoms with E-state index in [9.17, 15) is 8.78 Å². The van der Waals surface area contributed by atoms with E-state index in [-0.39, 0.29) is 5.56 Å². The summed E-state index contributed by atoms with van der Waals surface area (Å²) in [6, 6.07) is 2.00. The van der Waals surface area contributed by atoms with E-state index in [1.165, 1.54) is 6.92 Å². The molecule has 0 heterocycles. The third kappa shape index (κ3) is 1.38. The Bertz CT molecular complexity index is 297. The summed E-state index contributed by atoms with van der Waals surface area (Å²) in [7, 11) is 0. The van der Waals surface area contributed by atoms with Gasteiger partial charge in [-0.3, -0.25) is 0 Å². The lowest BCUT2D eigenvalue weighted by molar-refractivity contribution is 0.192. The molecular weight excluding hydrogens is 166 g/mol. The molecule has 0 saturated carbocycles. The van der Waals surface area contributed by atoms with Gasteiger partial charge in [0.25, 0.3) is 0 Å². The summed E-state index contributed by atoms with van der Waals surface area (Å²) < 4.78 is 25.3. The van der Waals surface area contributed by atoms with Gasteiger partial charge < -0.3 is 10.2 Å². The van der Waals surface area contributed by atoms with Gasteiger partial charge in [0.15, 0.2) is 17.4 Å². The van der Waals surface area contributed by atoms with Gasteiger partial charge in [-0.2, -0.15) is 0 Å². The van der Waals surface area contributed by atoms with Crippen molar-refractivity contribution < 1.29 is 19.0 Å². The molecule has 0 aliphatic rings. The van der Waals surface area contributed by atoms with Crippen molar-refractivity contribution in [3.05, 3.63) is 29.3 Å². The SMILES string of the molecule is CC(O)c1ccc(F)c(O)c1F. The summed E-state index contributed by atoms with van der Waals surface area (Å²) in [5.74, 6) is -3.18. The van der Waals surface area contributed by atoms with Crippen LogP contribution in [0.5, 0.6) is 5.75 Å². The minimum absolute atomic E-state index is 0.117. The Morgan fingerprint density at radius 2 is 1.92 bits per heavy atom. The molecule has 1 rings (SSSR count). The molecular formula is C8H8F2O2. The second-order valence-electron chi connectivity index (χ2n) is 2.48. The average molecular weight is 174 g/mol. The number of aliphatic hydroxyl groups is 1. The largest absolute Gasteiger partial charge is 0.503 e. The number of halogens is 2. The van der Waals surface area contributed by atoms with Gasteiger partial charge >= 0.3 is 0 Å². The van der Waals surface area contributed by atoms with E-state index in [4.69, 9.17) is 10.2 Å². The van der Waals surface area contributed by atoms with E-state index in [0.29, 0.717) is 0 Å². The van der Waals surface area contributed by atoms with E-state index in [1.807, 2.05) is 0 Å². The first-order valence-corrected chi connectivity index (χ1v) is 3.39. The Hall–Kier alpha value is -1.16. The molecule has 1 atom stereocenters. The molecule has 0 saturated heterocycles. The van der Waals surface area contributed by atoms with E-state index < -0.39 is 23.5 Å². The molecule has 4 heteroatoms. The summed E-state index contributed by atoms with van der Waals surface area (Å²) in [5.41, 5.74) is -0.117. The molecule has 0 aliphatic heterocycles. The quantitative estimate of drug-likeness (QED) is 0.680. The number of aromatic hydroxyl groups is 1. The Morgan fingerprint density at radius 1 is 1.33 bits per heavy atom. The van der Waals surface area contributed by atoms with Crippen molar-refractivity contribution in [2.24, 2.45) is 0 Å². The van der Waals surface area contributed by atoms with Gasteiger partial charge in [0, 0.05) is 5.56 Å². The third-order valence-corrected chi connectivity index (χ3v) is 1.55. The van der Waals surface area contributed by atoms with Crippen LogP contribution in [0.2, 0.25) is 0 Å². The minimum Gasteiger partial charge on any atom is -0.503 e. The Labute approximate surface area is 68.1 Å². The molecule has 1 aromatic carbocycles. The summed E-state index contributed by atoms with van der Waals surface area (Å²) in [6.07, 6.45) is -1.06.